The molecule has 10 nitrogen and oxygen atoms in total. The number of nitrogens with zero attached hydrogens (tertiary/aromatic N) is 3. The summed E-state index contributed by atoms with van der Waals surface area (Å²) in [7, 11) is 0. The minimum atomic E-state index is -0.820. The smallest absolute Gasteiger partial charge is 0.408 e. The second-order valence-corrected chi connectivity index (χ2v) is 8.85. The van der Waals surface area contributed by atoms with Gasteiger partial charge in [0.15, 0.2) is 5.69 Å². The Kier molecular flexibility index (Phi) is 5.57. The van der Waals surface area contributed by atoms with Crippen molar-refractivity contribution in [3.63, 3.8) is 0 Å². The molecular weight excluding hydrogens is 380 g/mol. The third kappa shape index (κ3) is 4.36. The third-order valence-corrected chi connectivity index (χ3v) is 5.36. The highest BCUT2D eigenvalue weighted by molar-refractivity contribution is 5.70. The molecule has 1 saturated heterocycles. The third-order valence-electron chi connectivity index (χ3n) is 5.36. The van der Waals surface area contributed by atoms with Crippen LogP contribution in [0.5, 0.6) is 0 Å². The van der Waals surface area contributed by atoms with Crippen LogP contribution >= 0.6 is 0 Å². The van der Waals surface area contributed by atoms with E-state index in [9.17, 15) is 25.2 Å². The van der Waals surface area contributed by atoms with Gasteiger partial charge in [-0.25, -0.2) is 4.79 Å². The lowest BCUT2D eigenvalue weighted by Gasteiger charge is -2.41. The first-order valence-electron chi connectivity index (χ1n) is 9.82. The number of carbonyl (C=O) groups excluding carboxylic acids is 1. The second kappa shape index (κ2) is 7.66. The second-order valence-electron chi connectivity index (χ2n) is 8.85. The number of pyridine rings is 1. The number of carbonyl (C=O) groups is 1. The summed E-state index contributed by atoms with van der Waals surface area (Å²) in [5, 5.41) is 37.2. The molecule has 0 saturated carbocycles. The number of aliphatic hydroxyl groups excluding tert-OH is 1. The predicted octanol–water partition coefficient (Wildman–Crippen LogP) is 1.43. The zero-order valence-electron chi connectivity index (χ0n) is 17.2. The van der Waals surface area contributed by atoms with Crippen molar-refractivity contribution in [1.29, 1.82) is 0 Å². The molecule has 3 atom stereocenters. The van der Waals surface area contributed by atoms with Crippen LogP contribution in [0.15, 0.2) is 6.20 Å². The highest BCUT2D eigenvalue weighted by atomic mass is 16.6. The monoisotopic (exact) mass is 408 g/mol. The number of nitrogens with one attached hydrogen (secondary N) is 1. The highest BCUT2D eigenvalue weighted by Crippen LogP contribution is 2.38. The van der Waals surface area contributed by atoms with Gasteiger partial charge in [0.1, 0.15) is 11.3 Å². The van der Waals surface area contributed by atoms with Gasteiger partial charge in [-0.15, -0.1) is 0 Å². The number of anilines is 1. The van der Waals surface area contributed by atoms with E-state index in [1.165, 1.54) is 0 Å². The lowest BCUT2D eigenvalue weighted by Crippen LogP contribution is -2.59. The van der Waals surface area contributed by atoms with Crippen LogP contribution in [0.3, 0.4) is 0 Å². The normalized spacial score (nSPS) is 24.2. The van der Waals surface area contributed by atoms with Crippen molar-refractivity contribution in [3.8, 4) is 0 Å². The van der Waals surface area contributed by atoms with E-state index in [1.807, 2.05) is 11.8 Å². The summed E-state index contributed by atoms with van der Waals surface area (Å²) in [4.78, 5) is 25.1. The van der Waals surface area contributed by atoms with Gasteiger partial charge in [0, 0.05) is 25.4 Å². The van der Waals surface area contributed by atoms with E-state index in [1.54, 1.807) is 20.8 Å². The minimum Gasteiger partial charge on any atom is -0.618 e. The van der Waals surface area contributed by atoms with Crippen LogP contribution in [-0.2, 0) is 17.6 Å². The molecule has 1 amide bonds. The van der Waals surface area contributed by atoms with Crippen LogP contribution < -0.4 is 14.9 Å². The van der Waals surface area contributed by atoms with Crippen LogP contribution in [0, 0.1) is 21.2 Å². The number of ether oxygens (including phenoxy) is 1. The van der Waals surface area contributed by atoms with Gasteiger partial charge in [-0.3, -0.25) is 10.1 Å². The Morgan fingerprint density at radius 3 is 2.69 bits per heavy atom. The quantitative estimate of drug-likeness (QED) is 0.335. The Balaban J connectivity index is 1.92. The SMILES string of the molecule is C[C@H]1CN(c2c([N+](=O)[O-])c[n+]([O-])c3c2CCC3)C[C@@H](NC(=O)OC(C)(C)C)[C@@H]1O. The van der Waals surface area contributed by atoms with Crippen molar-refractivity contribution in [2.45, 2.75) is 64.7 Å². The maximum Gasteiger partial charge on any atom is 0.408 e. The van der Waals surface area contributed by atoms with Gasteiger partial charge in [-0.1, -0.05) is 6.92 Å². The maximum absolute atomic E-state index is 12.2. The van der Waals surface area contributed by atoms with Crippen molar-refractivity contribution in [2.24, 2.45) is 5.92 Å². The molecule has 3 rings (SSSR count). The molecule has 160 valence electrons. The van der Waals surface area contributed by atoms with Crippen LogP contribution in [0.2, 0.25) is 0 Å². The minimum absolute atomic E-state index is 0.181. The number of alkyl carbamates (subject to hydrolysis) is 1. The van der Waals surface area contributed by atoms with Gasteiger partial charge < -0.3 is 25.3 Å². The molecule has 1 aliphatic heterocycles. The molecule has 2 aliphatic rings. The largest absolute Gasteiger partial charge is 0.618 e. The van der Waals surface area contributed by atoms with Crippen molar-refractivity contribution in [1.82, 2.24) is 5.32 Å². The number of piperidine rings is 1. The Labute approximate surface area is 169 Å². The van der Waals surface area contributed by atoms with E-state index >= 15 is 0 Å². The highest BCUT2D eigenvalue weighted by Gasteiger charge is 2.41. The van der Waals surface area contributed by atoms with E-state index in [0.29, 0.717) is 41.1 Å². The van der Waals surface area contributed by atoms with Crippen molar-refractivity contribution in [2.75, 3.05) is 18.0 Å². The molecule has 0 spiro atoms. The molecule has 0 bridgehead atoms. The van der Waals surface area contributed by atoms with E-state index in [0.717, 1.165) is 12.6 Å². The number of hydrogen-bond acceptors (Lipinski definition) is 7. The molecule has 2 N–H and O–H groups in total. The molecule has 0 radical (unpaired) electrons. The summed E-state index contributed by atoms with van der Waals surface area (Å²) in [6, 6.07) is -0.662. The summed E-state index contributed by atoms with van der Waals surface area (Å²) < 4.78 is 5.88. The molecule has 1 aromatic rings. The molecule has 0 aromatic carbocycles. The summed E-state index contributed by atoms with van der Waals surface area (Å²) in [5.41, 5.74) is 0.731. The fraction of sp³-hybridized carbons (Fsp3) is 0.684. The van der Waals surface area contributed by atoms with Gasteiger partial charge in [0.25, 0.3) is 6.20 Å². The maximum atomic E-state index is 12.2. The standard InChI is InChI=1S/C19H28N4O6/c1-11-8-21(9-13(17(11)24)20-18(25)29-19(2,3)4)16-12-6-5-7-14(12)22(26)10-15(16)23(27)28/h10-11,13,17,24H,5-9H2,1-4H3,(H,20,25)/t11-,13+,17+/m0/s1. The van der Waals surface area contributed by atoms with E-state index in [4.69, 9.17) is 4.74 Å². The van der Waals surface area contributed by atoms with Crippen LogP contribution in [0.4, 0.5) is 16.2 Å². The first-order chi connectivity index (χ1) is 13.5. The van der Waals surface area contributed by atoms with E-state index in [-0.39, 0.29) is 18.2 Å². The van der Waals surface area contributed by atoms with Crippen LogP contribution in [-0.4, -0.2) is 47.0 Å². The Morgan fingerprint density at radius 2 is 2.07 bits per heavy atom. The van der Waals surface area contributed by atoms with Gasteiger partial charge in [0.2, 0.25) is 0 Å². The first kappa shape index (κ1) is 21.1. The first-order valence-corrected chi connectivity index (χ1v) is 9.82. The molecule has 2 heterocycles. The lowest BCUT2D eigenvalue weighted by molar-refractivity contribution is -0.617. The molecule has 0 unspecified atom stereocenters. The summed E-state index contributed by atoms with van der Waals surface area (Å²) in [6.45, 7) is 7.61. The van der Waals surface area contributed by atoms with Crippen molar-refractivity contribution < 1.29 is 24.3 Å². The fourth-order valence-corrected chi connectivity index (χ4v) is 4.16. The Bertz CT molecular complexity index is 822. The number of fused-ring (bicyclic) bond motifs is 1. The number of aliphatic hydroxyl groups is 1. The molecule has 1 aliphatic carbocycles. The van der Waals surface area contributed by atoms with Gasteiger partial charge in [-0.2, -0.15) is 4.73 Å². The Morgan fingerprint density at radius 1 is 1.38 bits per heavy atom. The molecule has 1 aromatic heterocycles. The van der Waals surface area contributed by atoms with Gasteiger partial charge >= 0.3 is 11.8 Å². The summed E-state index contributed by atoms with van der Waals surface area (Å²) >= 11 is 0. The van der Waals surface area contributed by atoms with Crippen LogP contribution in [0.1, 0.15) is 45.4 Å². The average Bonchev–Trinajstić information content (AvgIpc) is 3.07. The summed E-state index contributed by atoms with van der Waals surface area (Å²) in [6.07, 6.45) is 1.48. The number of amides is 1. The van der Waals surface area contributed by atoms with Gasteiger partial charge in [0.05, 0.1) is 22.6 Å². The van der Waals surface area contributed by atoms with Gasteiger partial charge in [-0.05, 0) is 33.6 Å². The van der Waals surface area contributed by atoms with E-state index in [2.05, 4.69) is 5.32 Å². The van der Waals surface area contributed by atoms with Crippen molar-refractivity contribution >= 4 is 17.5 Å². The number of hydrogen-bond donors (Lipinski definition) is 2. The zero-order valence-corrected chi connectivity index (χ0v) is 17.2. The lowest BCUT2D eigenvalue weighted by atomic mass is 9.91. The molecular formula is C19H28N4O6. The Hall–Kier alpha value is -2.62. The van der Waals surface area contributed by atoms with E-state index < -0.39 is 28.8 Å². The molecule has 10 heteroatoms. The molecule has 29 heavy (non-hydrogen) atoms. The average molecular weight is 408 g/mol. The fourth-order valence-electron chi connectivity index (χ4n) is 4.16. The zero-order chi connectivity index (χ0) is 21.5. The predicted molar refractivity (Wildman–Crippen MR) is 105 cm³/mol. The molecule has 1 fully saturated rings. The summed E-state index contributed by atoms with van der Waals surface area (Å²) in [5.74, 6) is -0.250. The van der Waals surface area contributed by atoms with Crippen molar-refractivity contribution in [3.05, 3.63) is 32.8 Å². The number of aromatic nitrogens is 1. The number of nitro groups is 1. The topological polar surface area (TPSA) is 132 Å². The van der Waals surface area contributed by atoms with Crippen LogP contribution in [0.25, 0.3) is 0 Å². The number of rotatable bonds is 3.